The number of methoxy groups -OCH3 is 1. The van der Waals surface area contributed by atoms with Gasteiger partial charge in [0.2, 0.25) is 5.91 Å². The van der Waals surface area contributed by atoms with Crippen LogP contribution < -0.4 is 9.47 Å². The van der Waals surface area contributed by atoms with E-state index in [4.69, 9.17) is 21.1 Å². The van der Waals surface area contributed by atoms with Crippen molar-refractivity contribution in [1.29, 1.82) is 0 Å². The third-order valence-electron chi connectivity index (χ3n) is 6.00. The van der Waals surface area contributed by atoms with Gasteiger partial charge in [-0.1, -0.05) is 18.2 Å². The lowest BCUT2D eigenvalue weighted by Crippen LogP contribution is -2.41. The molecule has 168 valence electrons. The number of aromatic nitrogens is 3. The quantitative estimate of drug-likeness (QED) is 0.399. The maximum Gasteiger partial charge on any atom is 0.245 e. The number of hydrogen-bond donors (Lipinski definition) is 0. The number of carbonyl (C=O) groups excluding carboxylic acids is 1. The van der Waals surface area contributed by atoms with Crippen LogP contribution in [0, 0.1) is 0 Å². The Hall–Kier alpha value is -3.58. The second-order valence-electron chi connectivity index (χ2n) is 7.95. The fourth-order valence-corrected chi connectivity index (χ4v) is 4.48. The molecule has 1 aliphatic heterocycles. The molecular formula is C25H23ClN4O3. The molecule has 0 unspecified atom stereocenters. The molecule has 2 aromatic heterocycles. The van der Waals surface area contributed by atoms with Crippen LogP contribution >= 0.6 is 11.6 Å². The fraction of sp³-hybridized carbons (Fsp3) is 0.240. The van der Waals surface area contributed by atoms with Gasteiger partial charge in [-0.3, -0.25) is 4.79 Å². The Labute approximate surface area is 196 Å². The molecule has 0 spiro atoms. The molecule has 1 aliphatic rings. The molecular weight excluding hydrogens is 440 g/mol. The number of halogens is 1. The van der Waals surface area contributed by atoms with E-state index in [1.807, 2.05) is 47.2 Å². The molecule has 0 radical (unpaired) electrons. The first-order valence-corrected chi connectivity index (χ1v) is 11.1. The molecule has 1 saturated heterocycles. The third-order valence-corrected chi connectivity index (χ3v) is 6.24. The zero-order chi connectivity index (χ0) is 22.9. The summed E-state index contributed by atoms with van der Waals surface area (Å²) in [5.74, 6) is 1.95. The first kappa shape index (κ1) is 21.3. The number of nitrogens with zero attached hydrogens (tertiary/aromatic N) is 4. The van der Waals surface area contributed by atoms with Crippen molar-refractivity contribution >= 4 is 39.3 Å². The van der Waals surface area contributed by atoms with Crippen LogP contribution in [0.3, 0.4) is 0 Å². The summed E-state index contributed by atoms with van der Waals surface area (Å²) in [6.07, 6.45) is 6.33. The second kappa shape index (κ2) is 8.75. The van der Waals surface area contributed by atoms with E-state index in [1.165, 1.54) is 6.08 Å². The van der Waals surface area contributed by atoms with Gasteiger partial charge < -0.3 is 18.9 Å². The van der Waals surface area contributed by atoms with Crippen LogP contribution in [-0.2, 0) is 4.79 Å². The Morgan fingerprint density at radius 3 is 2.73 bits per heavy atom. The van der Waals surface area contributed by atoms with Crippen molar-refractivity contribution in [3.63, 3.8) is 0 Å². The van der Waals surface area contributed by atoms with Crippen molar-refractivity contribution in [2.75, 3.05) is 20.2 Å². The number of hydrogen-bond acceptors (Lipinski definition) is 5. The molecule has 0 aliphatic carbocycles. The molecule has 7 nitrogen and oxygen atoms in total. The molecule has 1 amide bonds. The Balaban J connectivity index is 1.51. The van der Waals surface area contributed by atoms with Crippen LogP contribution in [0.1, 0.15) is 12.8 Å². The minimum Gasteiger partial charge on any atom is -0.493 e. The zero-order valence-corrected chi connectivity index (χ0v) is 19.0. The Kier molecular flexibility index (Phi) is 5.64. The van der Waals surface area contributed by atoms with E-state index in [0.717, 1.165) is 40.5 Å². The van der Waals surface area contributed by atoms with Gasteiger partial charge in [0.15, 0.2) is 11.5 Å². The summed E-state index contributed by atoms with van der Waals surface area (Å²) in [5.41, 5.74) is 1.75. The van der Waals surface area contributed by atoms with Crippen molar-refractivity contribution in [1.82, 2.24) is 19.4 Å². The van der Waals surface area contributed by atoms with E-state index in [2.05, 4.69) is 16.5 Å². The smallest absolute Gasteiger partial charge is 0.245 e. The number of carbonyl (C=O) groups is 1. The van der Waals surface area contributed by atoms with Crippen LogP contribution in [0.4, 0.5) is 0 Å². The molecule has 8 heteroatoms. The molecule has 4 aromatic rings. The Morgan fingerprint density at radius 2 is 1.97 bits per heavy atom. The van der Waals surface area contributed by atoms with Gasteiger partial charge in [0.1, 0.15) is 18.2 Å². The predicted octanol–water partition coefficient (Wildman–Crippen LogP) is 4.79. The monoisotopic (exact) mass is 462 g/mol. The van der Waals surface area contributed by atoms with Gasteiger partial charge in [0.25, 0.3) is 0 Å². The van der Waals surface area contributed by atoms with E-state index in [1.54, 1.807) is 18.3 Å². The number of piperidine rings is 1. The highest BCUT2D eigenvalue weighted by Gasteiger charge is 2.24. The van der Waals surface area contributed by atoms with Gasteiger partial charge in [-0.15, -0.1) is 0 Å². The van der Waals surface area contributed by atoms with E-state index < -0.39 is 0 Å². The van der Waals surface area contributed by atoms with Gasteiger partial charge >= 0.3 is 0 Å². The van der Waals surface area contributed by atoms with Crippen LogP contribution in [0.5, 0.6) is 11.5 Å². The number of likely N-dealkylation sites (tertiary alicyclic amines) is 1. The Morgan fingerprint density at radius 1 is 1.15 bits per heavy atom. The van der Waals surface area contributed by atoms with Gasteiger partial charge in [-0.05, 0) is 36.4 Å². The summed E-state index contributed by atoms with van der Waals surface area (Å²) in [6, 6.07) is 11.6. The lowest BCUT2D eigenvalue weighted by Gasteiger charge is -2.31. The number of amides is 1. The van der Waals surface area contributed by atoms with Crippen molar-refractivity contribution in [2.24, 2.45) is 0 Å². The number of ether oxygens (including phenoxy) is 2. The van der Waals surface area contributed by atoms with E-state index in [0.29, 0.717) is 29.6 Å². The lowest BCUT2D eigenvalue weighted by atomic mass is 10.1. The molecule has 0 saturated carbocycles. The topological polar surface area (TPSA) is 69.5 Å². The maximum absolute atomic E-state index is 11.9. The van der Waals surface area contributed by atoms with E-state index in [9.17, 15) is 4.79 Å². The van der Waals surface area contributed by atoms with Gasteiger partial charge in [-0.2, -0.15) is 0 Å². The van der Waals surface area contributed by atoms with Crippen LogP contribution in [0.15, 0.2) is 61.6 Å². The third kappa shape index (κ3) is 4.00. The van der Waals surface area contributed by atoms with Crippen molar-refractivity contribution < 1.29 is 14.3 Å². The maximum atomic E-state index is 11.9. The molecule has 0 N–H and O–H groups in total. The van der Waals surface area contributed by atoms with Crippen molar-refractivity contribution in [3.8, 4) is 17.3 Å². The minimum absolute atomic E-state index is 0.0205. The SMILES string of the molecule is C=CC(=O)N1CCC(Oc2cc3c(-n4ccc5cc(Cl)ccc54)ncnc3cc2OC)CC1. The summed E-state index contributed by atoms with van der Waals surface area (Å²) < 4.78 is 14.0. The largest absolute Gasteiger partial charge is 0.493 e. The van der Waals surface area contributed by atoms with Gasteiger partial charge in [0.05, 0.1) is 18.1 Å². The molecule has 1 fully saturated rings. The van der Waals surface area contributed by atoms with Crippen molar-refractivity contribution in [2.45, 2.75) is 18.9 Å². The number of fused-ring (bicyclic) bond motifs is 2. The summed E-state index contributed by atoms with van der Waals surface area (Å²) >= 11 is 6.16. The first-order chi connectivity index (χ1) is 16.1. The van der Waals surface area contributed by atoms with Crippen LogP contribution in [0.25, 0.3) is 27.6 Å². The molecule has 5 rings (SSSR count). The highest BCUT2D eigenvalue weighted by molar-refractivity contribution is 6.31. The normalized spacial score (nSPS) is 14.5. The molecule has 0 bridgehead atoms. The summed E-state index contributed by atoms with van der Waals surface area (Å²) in [5, 5.41) is 2.56. The molecule has 3 heterocycles. The Bertz CT molecular complexity index is 1360. The van der Waals surface area contributed by atoms with Crippen LogP contribution in [-0.4, -0.2) is 51.6 Å². The van der Waals surface area contributed by atoms with Gasteiger partial charge in [0, 0.05) is 54.0 Å². The first-order valence-electron chi connectivity index (χ1n) is 10.7. The summed E-state index contributed by atoms with van der Waals surface area (Å²) in [7, 11) is 1.62. The molecule has 0 atom stereocenters. The molecule has 2 aromatic carbocycles. The average Bonchev–Trinajstić information content (AvgIpc) is 3.26. The summed E-state index contributed by atoms with van der Waals surface area (Å²) in [6.45, 7) is 4.84. The van der Waals surface area contributed by atoms with Gasteiger partial charge in [-0.25, -0.2) is 9.97 Å². The zero-order valence-electron chi connectivity index (χ0n) is 18.2. The van der Waals surface area contributed by atoms with Crippen molar-refractivity contribution in [3.05, 3.63) is 66.6 Å². The number of benzene rings is 2. The summed E-state index contributed by atoms with van der Waals surface area (Å²) in [4.78, 5) is 22.7. The highest BCUT2D eigenvalue weighted by atomic mass is 35.5. The standard InChI is InChI=1S/C25H23ClN4O3/c1-3-24(31)29-9-7-18(8-10-29)33-23-13-19-20(14-22(23)32-2)27-15-28-25(19)30-11-6-16-12-17(26)4-5-21(16)30/h3-6,11-15,18H,1,7-10H2,2H3. The fourth-order valence-electron chi connectivity index (χ4n) is 4.29. The number of rotatable bonds is 5. The highest BCUT2D eigenvalue weighted by Crippen LogP contribution is 2.36. The lowest BCUT2D eigenvalue weighted by molar-refractivity contribution is -0.127. The van der Waals surface area contributed by atoms with E-state index in [-0.39, 0.29) is 12.0 Å². The molecule has 33 heavy (non-hydrogen) atoms. The minimum atomic E-state index is -0.0428. The second-order valence-corrected chi connectivity index (χ2v) is 8.39. The predicted molar refractivity (Wildman–Crippen MR) is 128 cm³/mol. The average molecular weight is 463 g/mol. The van der Waals surface area contributed by atoms with E-state index >= 15 is 0 Å². The van der Waals surface area contributed by atoms with Crippen LogP contribution in [0.2, 0.25) is 5.02 Å².